The Morgan fingerprint density at radius 2 is 1.58 bits per heavy atom. The van der Waals surface area contributed by atoms with Crippen LogP contribution in [-0.4, -0.2) is 67.6 Å². The molecule has 2 aliphatic heterocycles. The van der Waals surface area contributed by atoms with E-state index in [9.17, 15) is 9.59 Å². The van der Waals surface area contributed by atoms with Crippen molar-refractivity contribution in [3.05, 3.63) is 59.7 Å². The molecule has 2 N–H and O–H groups in total. The molecule has 2 aliphatic rings. The van der Waals surface area contributed by atoms with Crippen LogP contribution in [0.5, 0.6) is 0 Å². The molecule has 0 unspecified atom stereocenters. The van der Waals surface area contributed by atoms with Crippen molar-refractivity contribution < 1.29 is 9.59 Å². The molecule has 2 heterocycles. The summed E-state index contributed by atoms with van der Waals surface area (Å²) in [6.45, 7) is 7.86. The number of rotatable bonds is 7. The number of benzene rings is 2. The summed E-state index contributed by atoms with van der Waals surface area (Å²) < 4.78 is 0. The molecule has 2 aromatic rings. The Balaban J connectivity index is 1.18. The smallest absolute Gasteiger partial charge is 0.317 e. The third-order valence-corrected chi connectivity index (χ3v) is 6.55. The van der Waals surface area contributed by atoms with Crippen molar-refractivity contribution in [3.8, 4) is 0 Å². The van der Waals surface area contributed by atoms with Crippen molar-refractivity contribution in [3.63, 3.8) is 0 Å². The zero-order chi connectivity index (χ0) is 23.0. The number of hydrogen-bond donors (Lipinski definition) is 2. The summed E-state index contributed by atoms with van der Waals surface area (Å²) in [6, 6.07) is 16.4. The highest BCUT2D eigenvalue weighted by atomic mass is 16.2. The van der Waals surface area contributed by atoms with E-state index in [1.54, 1.807) is 0 Å². The molecule has 0 bridgehead atoms. The Kier molecular flexibility index (Phi) is 7.83. The Morgan fingerprint density at radius 1 is 0.879 bits per heavy atom. The van der Waals surface area contributed by atoms with Gasteiger partial charge < -0.3 is 20.4 Å². The number of para-hydroxylation sites is 1. The molecule has 0 saturated carbocycles. The fourth-order valence-electron chi connectivity index (χ4n) is 4.54. The minimum atomic E-state index is -0.0420. The maximum atomic E-state index is 12.6. The van der Waals surface area contributed by atoms with Crippen molar-refractivity contribution in [2.24, 2.45) is 0 Å². The van der Waals surface area contributed by atoms with E-state index in [0.717, 1.165) is 36.3 Å². The Morgan fingerprint density at radius 3 is 2.27 bits per heavy atom. The first-order valence-corrected chi connectivity index (χ1v) is 12.1. The van der Waals surface area contributed by atoms with E-state index in [2.05, 4.69) is 51.6 Å². The minimum absolute atomic E-state index is 0.00817. The van der Waals surface area contributed by atoms with Gasteiger partial charge in [-0.25, -0.2) is 4.79 Å². The van der Waals surface area contributed by atoms with E-state index in [0.29, 0.717) is 39.3 Å². The summed E-state index contributed by atoms with van der Waals surface area (Å²) in [5, 5.41) is 6.06. The predicted molar refractivity (Wildman–Crippen MR) is 133 cm³/mol. The second-order valence-corrected chi connectivity index (χ2v) is 8.84. The Hall–Kier alpha value is -3.06. The van der Waals surface area contributed by atoms with Crippen LogP contribution >= 0.6 is 0 Å². The van der Waals surface area contributed by atoms with E-state index in [4.69, 9.17) is 0 Å². The van der Waals surface area contributed by atoms with E-state index in [-0.39, 0.29) is 11.9 Å². The van der Waals surface area contributed by atoms with Gasteiger partial charge in [0, 0.05) is 57.2 Å². The highest BCUT2D eigenvalue weighted by Crippen LogP contribution is 2.20. The number of anilines is 2. The third-order valence-electron chi connectivity index (χ3n) is 6.55. The highest BCUT2D eigenvalue weighted by molar-refractivity contribution is 5.93. The number of nitrogens with one attached hydrogen (secondary N) is 2. The number of nitrogens with zero attached hydrogens (tertiary/aromatic N) is 3. The number of urea groups is 1. The molecule has 2 fully saturated rings. The predicted octanol–water partition coefficient (Wildman–Crippen LogP) is 3.32. The van der Waals surface area contributed by atoms with Crippen LogP contribution in [0.15, 0.2) is 48.5 Å². The monoisotopic (exact) mass is 449 g/mol. The standard InChI is InChI=1S/C26H35N5O2/c1-2-22-7-3-4-8-24(22)28-25(32)20-29-15-17-31(18-16-29)26(33)27-19-21-9-11-23(12-10-21)30-13-5-6-14-30/h3-4,7-12H,2,5-6,13-20H2,1H3,(H,27,33)(H,28,32). The molecule has 0 aromatic heterocycles. The normalized spacial score (nSPS) is 16.6. The molecule has 0 atom stereocenters. The lowest BCUT2D eigenvalue weighted by Gasteiger charge is -2.34. The first kappa shape index (κ1) is 23.1. The van der Waals surface area contributed by atoms with Crippen LogP contribution in [0.4, 0.5) is 16.2 Å². The number of aryl methyl sites for hydroxylation is 1. The van der Waals surface area contributed by atoms with Crippen molar-refractivity contribution in [1.29, 1.82) is 0 Å². The second kappa shape index (κ2) is 11.2. The van der Waals surface area contributed by atoms with Crippen LogP contribution < -0.4 is 15.5 Å². The third kappa shape index (κ3) is 6.26. The van der Waals surface area contributed by atoms with Gasteiger partial charge in [-0.2, -0.15) is 0 Å². The molecule has 2 aromatic carbocycles. The maximum Gasteiger partial charge on any atom is 0.317 e. The SMILES string of the molecule is CCc1ccccc1NC(=O)CN1CCN(C(=O)NCc2ccc(N3CCCC3)cc2)CC1. The number of carbonyl (C=O) groups is 2. The average molecular weight is 450 g/mol. The van der Waals surface area contributed by atoms with Gasteiger partial charge in [0.1, 0.15) is 0 Å². The summed E-state index contributed by atoms with van der Waals surface area (Å²) in [5.74, 6) is -0.00817. The number of hydrogen-bond acceptors (Lipinski definition) is 4. The lowest BCUT2D eigenvalue weighted by molar-refractivity contribution is -0.117. The fourth-order valence-corrected chi connectivity index (χ4v) is 4.54. The van der Waals surface area contributed by atoms with Gasteiger partial charge in [0.25, 0.3) is 0 Å². The van der Waals surface area contributed by atoms with Gasteiger partial charge in [-0.1, -0.05) is 37.3 Å². The molecule has 0 radical (unpaired) electrons. The molecule has 33 heavy (non-hydrogen) atoms. The van der Waals surface area contributed by atoms with Gasteiger partial charge in [0.15, 0.2) is 0 Å². The molecule has 7 heteroatoms. The quantitative estimate of drug-likeness (QED) is 0.681. The van der Waals surface area contributed by atoms with Crippen molar-refractivity contribution in [2.75, 3.05) is 56.0 Å². The van der Waals surface area contributed by atoms with Crippen LogP contribution in [0.3, 0.4) is 0 Å². The van der Waals surface area contributed by atoms with Crippen LogP contribution in [-0.2, 0) is 17.8 Å². The highest BCUT2D eigenvalue weighted by Gasteiger charge is 2.22. The molecule has 0 aliphatic carbocycles. The van der Waals surface area contributed by atoms with E-state index in [1.165, 1.54) is 18.5 Å². The van der Waals surface area contributed by atoms with Gasteiger partial charge in [0.05, 0.1) is 6.54 Å². The van der Waals surface area contributed by atoms with Crippen LogP contribution in [0.2, 0.25) is 0 Å². The van der Waals surface area contributed by atoms with Crippen molar-refractivity contribution >= 4 is 23.3 Å². The van der Waals surface area contributed by atoms with Crippen molar-refractivity contribution in [1.82, 2.24) is 15.1 Å². The lowest BCUT2D eigenvalue weighted by Crippen LogP contribution is -2.52. The Bertz CT molecular complexity index is 932. The molecule has 176 valence electrons. The molecule has 3 amide bonds. The van der Waals surface area contributed by atoms with Crippen molar-refractivity contribution in [2.45, 2.75) is 32.7 Å². The number of amides is 3. The first-order chi connectivity index (χ1) is 16.1. The fraction of sp³-hybridized carbons (Fsp3) is 0.462. The summed E-state index contributed by atoms with van der Waals surface area (Å²) in [6.07, 6.45) is 3.41. The average Bonchev–Trinajstić information content (AvgIpc) is 3.39. The second-order valence-electron chi connectivity index (χ2n) is 8.84. The number of carbonyl (C=O) groups excluding carboxylic acids is 2. The van der Waals surface area contributed by atoms with Gasteiger partial charge >= 0.3 is 6.03 Å². The topological polar surface area (TPSA) is 67.9 Å². The molecular formula is C26H35N5O2. The largest absolute Gasteiger partial charge is 0.372 e. The van der Waals surface area contributed by atoms with Gasteiger partial charge in [-0.15, -0.1) is 0 Å². The van der Waals surface area contributed by atoms with Gasteiger partial charge in [-0.05, 0) is 48.6 Å². The lowest BCUT2D eigenvalue weighted by atomic mass is 10.1. The van der Waals surface area contributed by atoms with Crippen LogP contribution in [0, 0.1) is 0 Å². The summed E-state index contributed by atoms with van der Waals surface area (Å²) in [5.41, 5.74) is 4.39. The van der Waals surface area contributed by atoms with Gasteiger partial charge in [-0.3, -0.25) is 9.69 Å². The maximum absolute atomic E-state index is 12.6. The molecule has 7 nitrogen and oxygen atoms in total. The van der Waals surface area contributed by atoms with Crippen LogP contribution in [0.25, 0.3) is 0 Å². The molecule has 0 spiro atoms. The van der Waals surface area contributed by atoms with E-state index in [1.807, 2.05) is 29.2 Å². The summed E-state index contributed by atoms with van der Waals surface area (Å²) in [7, 11) is 0. The zero-order valence-corrected chi connectivity index (χ0v) is 19.6. The molecule has 2 saturated heterocycles. The van der Waals surface area contributed by atoms with Crippen LogP contribution in [0.1, 0.15) is 30.9 Å². The Labute approximate surface area is 196 Å². The van der Waals surface area contributed by atoms with Gasteiger partial charge in [0.2, 0.25) is 5.91 Å². The minimum Gasteiger partial charge on any atom is -0.372 e. The molecular weight excluding hydrogens is 414 g/mol. The summed E-state index contributed by atoms with van der Waals surface area (Å²) >= 11 is 0. The summed E-state index contributed by atoms with van der Waals surface area (Å²) in [4.78, 5) is 31.4. The zero-order valence-electron chi connectivity index (χ0n) is 19.6. The van der Waals surface area contributed by atoms with E-state index >= 15 is 0 Å². The molecule has 4 rings (SSSR count). The number of piperazine rings is 1. The van der Waals surface area contributed by atoms with E-state index < -0.39 is 0 Å². The first-order valence-electron chi connectivity index (χ1n) is 12.1.